The molecule has 1 aliphatic heterocycles. The second kappa shape index (κ2) is 10.5. The van der Waals surface area contributed by atoms with Gasteiger partial charge in [0, 0.05) is 29.5 Å². The Balaban J connectivity index is 1.48. The van der Waals surface area contributed by atoms with E-state index in [1.54, 1.807) is 7.11 Å². The van der Waals surface area contributed by atoms with E-state index in [-0.39, 0.29) is 17.9 Å². The molecule has 7 nitrogen and oxygen atoms in total. The molecule has 0 bridgehead atoms. The van der Waals surface area contributed by atoms with Gasteiger partial charge in [-0.2, -0.15) is 5.10 Å². The first-order valence-electron chi connectivity index (χ1n) is 12.4. The molecule has 1 N–H and O–H groups in total. The summed E-state index contributed by atoms with van der Waals surface area (Å²) in [7, 11) is 1.65. The summed E-state index contributed by atoms with van der Waals surface area (Å²) in [6.07, 6.45) is 5.73. The summed E-state index contributed by atoms with van der Waals surface area (Å²) in [4.78, 5) is 24.8. The van der Waals surface area contributed by atoms with Crippen LogP contribution in [0.15, 0.2) is 47.6 Å². The number of amides is 2. The van der Waals surface area contributed by atoms with E-state index in [4.69, 9.17) is 14.6 Å². The van der Waals surface area contributed by atoms with Crippen LogP contribution >= 0.6 is 0 Å². The molecule has 2 aromatic carbocycles. The monoisotopic (exact) mass is 477 g/mol. The molecule has 0 aromatic heterocycles. The molecule has 0 unspecified atom stereocenters. The van der Waals surface area contributed by atoms with Crippen LogP contribution in [-0.2, 0) is 16.1 Å². The standard InChI is InChI=1S/C28H35N3O4/c1-28(2,3)27(33)29-21-12-9-19(10-13-21)18-31-26(32)16-14-23(30-31)20-11-15-24(34-4)25(17-20)35-22-7-5-6-8-22/h9-13,15,17,22H,5-8,14,16,18H2,1-4H3,(H,29,33). The fourth-order valence-corrected chi connectivity index (χ4v) is 4.25. The molecule has 4 rings (SSSR count). The normalized spacial score (nSPS) is 16.7. The van der Waals surface area contributed by atoms with Gasteiger partial charge in [-0.15, -0.1) is 0 Å². The molecule has 2 aromatic rings. The smallest absolute Gasteiger partial charge is 0.243 e. The Morgan fingerprint density at radius 1 is 1.06 bits per heavy atom. The lowest BCUT2D eigenvalue weighted by molar-refractivity contribution is -0.132. The van der Waals surface area contributed by atoms with E-state index in [0.717, 1.165) is 41.1 Å². The predicted octanol–water partition coefficient (Wildman–Crippen LogP) is 5.53. The number of rotatable bonds is 7. The van der Waals surface area contributed by atoms with Crippen LogP contribution in [0.4, 0.5) is 5.69 Å². The van der Waals surface area contributed by atoms with Crippen molar-refractivity contribution in [2.45, 2.75) is 71.9 Å². The van der Waals surface area contributed by atoms with Gasteiger partial charge in [-0.25, -0.2) is 5.01 Å². The van der Waals surface area contributed by atoms with Gasteiger partial charge in [0.2, 0.25) is 11.8 Å². The second-order valence-corrected chi connectivity index (χ2v) is 10.3. The summed E-state index contributed by atoms with van der Waals surface area (Å²) >= 11 is 0. The highest BCUT2D eigenvalue weighted by molar-refractivity contribution is 6.04. The molecule has 2 aliphatic rings. The lowest BCUT2D eigenvalue weighted by Crippen LogP contribution is -2.31. The third-order valence-corrected chi connectivity index (χ3v) is 6.42. The fraction of sp³-hybridized carbons (Fsp3) is 0.464. The maximum Gasteiger partial charge on any atom is 0.243 e. The van der Waals surface area contributed by atoms with Crippen LogP contribution in [0, 0.1) is 5.41 Å². The van der Waals surface area contributed by atoms with Crippen LogP contribution < -0.4 is 14.8 Å². The third kappa shape index (κ3) is 6.21. The number of benzene rings is 2. The number of hydrogen-bond donors (Lipinski definition) is 1. The van der Waals surface area contributed by atoms with E-state index >= 15 is 0 Å². The van der Waals surface area contributed by atoms with Gasteiger partial charge in [-0.3, -0.25) is 9.59 Å². The van der Waals surface area contributed by atoms with Gasteiger partial charge in [0.05, 0.1) is 25.5 Å². The Bertz CT molecular complexity index is 1100. The summed E-state index contributed by atoms with van der Waals surface area (Å²) in [5.74, 6) is 1.40. The van der Waals surface area contributed by atoms with Crippen molar-refractivity contribution in [3.8, 4) is 11.5 Å². The van der Waals surface area contributed by atoms with Crippen molar-refractivity contribution in [2.24, 2.45) is 10.5 Å². The number of carbonyl (C=O) groups excluding carboxylic acids is 2. The topological polar surface area (TPSA) is 80.2 Å². The first-order chi connectivity index (χ1) is 16.7. The Morgan fingerprint density at radius 2 is 1.77 bits per heavy atom. The number of hydrogen-bond acceptors (Lipinski definition) is 5. The summed E-state index contributed by atoms with van der Waals surface area (Å²) in [5, 5.41) is 9.15. The molecule has 1 heterocycles. The minimum atomic E-state index is -0.465. The van der Waals surface area contributed by atoms with E-state index < -0.39 is 5.41 Å². The van der Waals surface area contributed by atoms with Crippen LogP contribution in [0.25, 0.3) is 0 Å². The molecular formula is C28H35N3O4. The fourth-order valence-electron chi connectivity index (χ4n) is 4.25. The van der Waals surface area contributed by atoms with Crippen molar-refractivity contribution in [2.75, 3.05) is 12.4 Å². The average Bonchev–Trinajstić information content (AvgIpc) is 3.34. The van der Waals surface area contributed by atoms with Crippen LogP contribution in [0.3, 0.4) is 0 Å². The second-order valence-electron chi connectivity index (χ2n) is 10.3. The SMILES string of the molecule is COc1ccc(C2=NN(Cc3ccc(NC(=O)C(C)(C)C)cc3)C(=O)CC2)cc1OC1CCCC1. The number of methoxy groups -OCH3 is 1. The zero-order valence-corrected chi connectivity index (χ0v) is 21.1. The van der Waals surface area contributed by atoms with Crippen LogP contribution in [0.5, 0.6) is 11.5 Å². The van der Waals surface area contributed by atoms with Gasteiger partial charge in [0.1, 0.15) is 0 Å². The van der Waals surface area contributed by atoms with Crippen molar-refractivity contribution < 1.29 is 19.1 Å². The third-order valence-electron chi connectivity index (χ3n) is 6.42. The number of anilines is 1. The van der Waals surface area contributed by atoms with E-state index in [2.05, 4.69) is 5.32 Å². The lowest BCUT2D eigenvalue weighted by atomic mass is 9.95. The molecule has 0 radical (unpaired) electrons. The molecule has 1 saturated carbocycles. The molecule has 1 aliphatic carbocycles. The van der Waals surface area contributed by atoms with Crippen molar-refractivity contribution in [3.05, 3.63) is 53.6 Å². The number of ether oxygens (including phenoxy) is 2. The van der Waals surface area contributed by atoms with Crippen LogP contribution in [0.1, 0.15) is 70.4 Å². The van der Waals surface area contributed by atoms with Gasteiger partial charge in [0.15, 0.2) is 11.5 Å². The first kappa shape index (κ1) is 24.8. The zero-order chi connectivity index (χ0) is 25.0. The van der Waals surface area contributed by atoms with Crippen LogP contribution in [-0.4, -0.2) is 35.7 Å². The quantitative estimate of drug-likeness (QED) is 0.569. The Labute approximate surface area is 207 Å². The van der Waals surface area contributed by atoms with E-state index in [1.165, 1.54) is 17.9 Å². The summed E-state index contributed by atoms with van der Waals surface area (Å²) < 4.78 is 11.8. The van der Waals surface area contributed by atoms with E-state index in [9.17, 15) is 9.59 Å². The summed E-state index contributed by atoms with van der Waals surface area (Å²) in [6, 6.07) is 13.4. The first-order valence-corrected chi connectivity index (χ1v) is 12.4. The number of hydrazone groups is 1. The minimum Gasteiger partial charge on any atom is -0.493 e. The number of nitrogens with one attached hydrogen (secondary N) is 1. The number of carbonyl (C=O) groups is 2. The van der Waals surface area contributed by atoms with E-state index in [0.29, 0.717) is 25.1 Å². The van der Waals surface area contributed by atoms with Crippen LogP contribution in [0.2, 0.25) is 0 Å². The highest BCUT2D eigenvalue weighted by atomic mass is 16.5. The molecule has 1 fully saturated rings. The Morgan fingerprint density at radius 3 is 2.43 bits per heavy atom. The maximum absolute atomic E-state index is 12.6. The molecular weight excluding hydrogens is 442 g/mol. The van der Waals surface area contributed by atoms with Gasteiger partial charge >= 0.3 is 0 Å². The van der Waals surface area contributed by atoms with Crippen molar-refractivity contribution >= 4 is 23.2 Å². The predicted molar refractivity (Wildman–Crippen MR) is 137 cm³/mol. The number of nitrogens with zero attached hydrogens (tertiary/aromatic N) is 2. The lowest BCUT2D eigenvalue weighted by Gasteiger charge is -2.24. The summed E-state index contributed by atoms with van der Waals surface area (Å²) in [6.45, 7) is 6.00. The maximum atomic E-state index is 12.6. The molecule has 186 valence electrons. The largest absolute Gasteiger partial charge is 0.493 e. The zero-order valence-electron chi connectivity index (χ0n) is 21.1. The molecule has 0 spiro atoms. The minimum absolute atomic E-state index is 0.00481. The Kier molecular flexibility index (Phi) is 7.43. The highest BCUT2D eigenvalue weighted by Gasteiger charge is 2.24. The molecule has 0 atom stereocenters. The molecule has 7 heteroatoms. The molecule has 2 amide bonds. The highest BCUT2D eigenvalue weighted by Crippen LogP contribution is 2.33. The molecule has 0 saturated heterocycles. The average molecular weight is 478 g/mol. The van der Waals surface area contributed by atoms with E-state index in [1.807, 2.05) is 63.2 Å². The van der Waals surface area contributed by atoms with Crippen molar-refractivity contribution in [1.82, 2.24) is 5.01 Å². The van der Waals surface area contributed by atoms with Gasteiger partial charge in [0.25, 0.3) is 0 Å². The van der Waals surface area contributed by atoms with Gasteiger partial charge in [-0.1, -0.05) is 32.9 Å². The Hall–Kier alpha value is -3.35. The van der Waals surface area contributed by atoms with Crippen molar-refractivity contribution in [3.63, 3.8) is 0 Å². The van der Waals surface area contributed by atoms with Gasteiger partial charge in [-0.05, 0) is 61.6 Å². The van der Waals surface area contributed by atoms with Crippen molar-refractivity contribution in [1.29, 1.82) is 0 Å². The summed E-state index contributed by atoms with van der Waals surface area (Å²) in [5.41, 5.74) is 3.01. The van der Waals surface area contributed by atoms with Gasteiger partial charge < -0.3 is 14.8 Å². The molecule has 35 heavy (non-hydrogen) atoms.